The summed E-state index contributed by atoms with van der Waals surface area (Å²) in [6.07, 6.45) is 1.14. The molecule has 0 aromatic heterocycles. The van der Waals surface area contributed by atoms with Crippen molar-refractivity contribution in [1.29, 1.82) is 0 Å². The highest BCUT2D eigenvalue weighted by Crippen LogP contribution is 2.30. The van der Waals surface area contributed by atoms with Crippen molar-refractivity contribution < 1.29 is 4.74 Å². The molecule has 0 spiro atoms. The lowest BCUT2D eigenvalue weighted by atomic mass is 10.2. The molecule has 2 rings (SSSR count). The molecule has 0 amide bonds. The fraction of sp³-hybridized carbons (Fsp3) is 0.462. The third-order valence-electron chi connectivity index (χ3n) is 2.73. The molecule has 18 heavy (non-hydrogen) atoms. The summed E-state index contributed by atoms with van der Waals surface area (Å²) in [5, 5.41) is 4.96. The number of halogens is 1. The number of aliphatic imine (C=N–C) groups is 1. The highest BCUT2D eigenvalue weighted by atomic mass is 79.9. The average Bonchev–Trinajstić information content (AvgIpc) is 2.30. The summed E-state index contributed by atoms with van der Waals surface area (Å²) in [7, 11) is 1.67. The molecule has 2 unspecified atom stereocenters. The second kappa shape index (κ2) is 5.97. The molecule has 1 aromatic rings. The zero-order valence-electron chi connectivity index (χ0n) is 10.7. The van der Waals surface area contributed by atoms with E-state index >= 15 is 0 Å². The van der Waals surface area contributed by atoms with Crippen LogP contribution in [0.4, 0.5) is 5.69 Å². The van der Waals surface area contributed by atoms with Crippen molar-refractivity contribution >= 4 is 38.5 Å². The standard InChI is InChI=1S/C13H17BrN2OS/c1-8-6-9(2)18-13(15-8)16-10-4-5-11(14)12(7-10)17-3/h4-5,7-9H,6H2,1-3H3,(H,15,16). The van der Waals surface area contributed by atoms with Crippen LogP contribution in [0.3, 0.4) is 0 Å². The maximum atomic E-state index is 5.28. The lowest BCUT2D eigenvalue weighted by Gasteiger charge is -2.23. The smallest absolute Gasteiger partial charge is 0.161 e. The van der Waals surface area contributed by atoms with E-state index in [-0.39, 0.29) is 0 Å². The summed E-state index contributed by atoms with van der Waals surface area (Å²) in [6.45, 7) is 4.39. The van der Waals surface area contributed by atoms with Gasteiger partial charge < -0.3 is 10.1 Å². The van der Waals surface area contributed by atoms with Gasteiger partial charge in [-0.3, -0.25) is 4.99 Å². The Kier molecular flexibility index (Phi) is 4.56. The number of anilines is 1. The van der Waals surface area contributed by atoms with Crippen LogP contribution in [0.5, 0.6) is 5.75 Å². The third kappa shape index (κ3) is 3.42. The normalized spacial score (nSPS) is 23.4. The Morgan fingerprint density at radius 3 is 2.89 bits per heavy atom. The first kappa shape index (κ1) is 13.7. The van der Waals surface area contributed by atoms with Gasteiger partial charge in [0.2, 0.25) is 0 Å². The molecule has 0 bridgehead atoms. The second-order valence-corrected chi connectivity index (χ2v) is 6.70. The molecule has 1 aliphatic rings. The van der Waals surface area contributed by atoms with E-state index in [1.807, 2.05) is 18.2 Å². The highest BCUT2D eigenvalue weighted by Gasteiger charge is 2.18. The van der Waals surface area contributed by atoms with E-state index in [9.17, 15) is 0 Å². The van der Waals surface area contributed by atoms with Crippen molar-refractivity contribution in [3.63, 3.8) is 0 Å². The predicted octanol–water partition coefficient (Wildman–Crippen LogP) is 4.14. The van der Waals surface area contributed by atoms with Crippen molar-refractivity contribution in [1.82, 2.24) is 0 Å². The minimum absolute atomic E-state index is 0.390. The van der Waals surface area contributed by atoms with Gasteiger partial charge >= 0.3 is 0 Å². The number of nitrogens with zero attached hydrogens (tertiary/aromatic N) is 1. The Hall–Kier alpha value is -0.680. The number of thioether (sulfide) groups is 1. The van der Waals surface area contributed by atoms with Crippen LogP contribution in [0.25, 0.3) is 0 Å². The Bertz CT molecular complexity index is 464. The largest absolute Gasteiger partial charge is 0.495 e. The fourth-order valence-corrected chi connectivity index (χ4v) is 3.51. The molecule has 1 aliphatic heterocycles. The van der Waals surface area contributed by atoms with Gasteiger partial charge in [-0.2, -0.15) is 0 Å². The summed E-state index contributed by atoms with van der Waals surface area (Å²) in [4.78, 5) is 4.62. The summed E-state index contributed by atoms with van der Waals surface area (Å²) in [6, 6.07) is 6.35. The highest BCUT2D eigenvalue weighted by molar-refractivity contribution is 9.10. The van der Waals surface area contributed by atoms with Gasteiger partial charge in [-0.15, -0.1) is 0 Å². The van der Waals surface area contributed by atoms with E-state index in [1.54, 1.807) is 18.9 Å². The Balaban J connectivity index is 2.14. The van der Waals surface area contributed by atoms with Crippen LogP contribution in [0.2, 0.25) is 0 Å². The number of hydrogen-bond donors (Lipinski definition) is 1. The quantitative estimate of drug-likeness (QED) is 0.885. The Morgan fingerprint density at radius 1 is 1.44 bits per heavy atom. The molecule has 2 atom stereocenters. The number of benzene rings is 1. The van der Waals surface area contributed by atoms with Crippen LogP contribution in [0, 0.1) is 0 Å². The van der Waals surface area contributed by atoms with Crippen molar-refractivity contribution in [2.75, 3.05) is 12.4 Å². The van der Waals surface area contributed by atoms with Crippen LogP contribution in [0.1, 0.15) is 20.3 Å². The van der Waals surface area contributed by atoms with Crippen LogP contribution in [-0.4, -0.2) is 23.6 Å². The topological polar surface area (TPSA) is 33.6 Å². The first-order valence-electron chi connectivity index (χ1n) is 5.93. The van der Waals surface area contributed by atoms with Gasteiger partial charge in [0.15, 0.2) is 5.17 Å². The molecule has 0 aliphatic carbocycles. The predicted molar refractivity (Wildman–Crippen MR) is 82.9 cm³/mol. The summed E-state index contributed by atoms with van der Waals surface area (Å²) in [5.41, 5.74) is 1.00. The van der Waals surface area contributed by atoms with Crippen LogP contribution < -0.4 is 10.1 Å². The van der Waals surface area contributed by atoms with Gasteiger partial charge in [-0.25, -0.2) is 0 Å². The van der Waals surface area contributed by atoms with E-state index in [0.29, 0.717) is 11.3 Å². The molecule has 0 saturated carbocycles. The first-order valence-corrected chi connectivity index (χ1v) is 7.60. The molecule has 3 nitrogen and oxygen atoms in total. The van der Waals surface area contributed by atoms with Gasteiger partial charge in [-0.05, 0) is 41.4 Å². The van der Waals surface area contributed by atoms with E-state index < -0.39 is 0 Å². The van der Waals surface area contributed by atoms with Gasteiger partial charge in [0.25, 0.3) is 0 Å². The average molecular weight is 329 g/mol. The van der Waals surface area contributed by atoms with Gasteiger partial charge in [-0.1, -0.05) is 18.7 Å². The Labute approximate surface area is 121 Å². The van der Waals surface area contributed by atoms with Gasteiger partial charge in [0, 0.05) is 17.0 Å². The minimum Gasteiger partial charge on any atom is -0.495 e. The number of nitrogens with one attached hydrogen (secondary N) is 1. The molecule has 1 N–H and O–H groups in total. The zero-order valence-corrected chi connectivity index (χ0v) is 13.1. The Morgan fingerprint density at radius 2 is 2.22 bits per heavy atom. The molecule has 0 fully saturated rings. The van der Waals surface area contributed by atoms with Crippen molar-refractivity contribution in [2.24, 2.45) is 4.99 Å². The van der Waals surface area contributed by atoms with E-state index in [2.05, 4.69) is 40.1 Å². The maximum absolute atomic E-state index is 5.28. The monoisotopic (exact) mass is 328 g/mol. The molecular weight excluding hydrogens is 312 g/mol. The molecular formula is C13H17BrN2OS. The second-order valence-electron chi connectivity index (χ2n) is 4.42. The number of rotatable bonds is 2. The zero-order chi connectivity index (χ0) is 13.1. The number of ether oxygens (including phenoxy) is 1. The van der Waals surface area contributed by atoms with Crippen LogP contribution in [-0.2, 0) is 0 Å². The van der Waals surface area contributed by atoms with Crippen molar-refractivity contribution in [3.8, 4) is 5.75 Å². The van der Waals surface area contributed by atoms with Crippen LogP contribution in [0.15, 0.2) is 27.7 Å². The SMILES string of the molecule is COc1cc(NC2=NC(C)CC(C)S2)ccc1Br. The maximum Gasteiger partial charge on any atom is 0.161 e. The lowest BCUT2D eigenvalue weighted by molar-refractivity contribution is 0.412. The minimum atomic E-state index is 0.390. The fourth-order valence-electron chi connectivity index (χ4n) is 1.93. The third-order valence-corrected chi connectivity index (χ3v) is 4.41. The molecule has 0 radical (unpaired) electrons. The number of amidine groups is 1. The number of methoxy groups -OCH3 is 1. The number of hydrogen-bond acceptors (Lipinski definition) is 4. The summed E-state index contributed by atoms with van der Waals surface area (Å²) in [5.74, 6) is 0.822. The van der Waals surface area contributed by atoms with Gasteiger partial charge in [0.05, 0.1) is 17.6 Å². The van der Waals surface area contributed by atoms with E-state index in [0.717, 1.165) is 27.5 Å². The van der Waals surface area contributed by atoms with Gasteiger partial charge in [0.1, 0.15) is 5.75 Å². The summed E-state index contributed by atoms with van der Waals surface area (Å²) < 4.78 is 6.24. The summed E-state index contributed by atoms with van der Waals surface area (Å²) >= 11 is 5.24. The molecule has 0 saturated heterocycles. The molecule has 1 aromatic carbocycles. The van der Waals surface area contributed by atoms with Crippen molar-refractivity contribution in [3.05, 3.63) is 22.7 Å². The van der Waals surface area contributed by atoms with E-state index in [1.165, 1.54) is 0 Å². The first-order chi connectivity index (χ1) is 8.58. The molecule has 5 heteroatoms. The lowest BCUT2D eigenvalue weighted by Crippen LogP contribution is -2.22. The molecule has 98 valence electrons. The van der Waals surface area contributed by atoms with Crippen LogP contribution >= 0.6 is 27.7 Å². The van der Waals surface area contributed by atoms with Crippen molar-refractivity contribution in [2.45, 2.75) is 31.6 Å². The molecule has 1 heterocycles. The van der Waals surface area contributed by atoms with E-state index in [4.69, 9.17) is 4.74 Å².